The van der Waals surface area contributed by atoms with E-state index in [0.29, 0.717) is 13.2 Å². The summed E-state index contributed by atoms with van der Waals surface area (Å²) in [5.41, 5.74) is 1.81. The lowest BCUT2D eigenvalue weighted by molar-refractivity contribution is 0.0241. The van der Waals surface area contributed by atoms with Crippen LogP contribution in [0.1, 0.15) is 32.6 Å². The SMILES string of the molecule is Cc1cc([C@@H](c2cccc(F)c2)N2CCOCC2)c(NC(=O)c2ccco2)s1. The quantitative estimate of drug-likeness (QED) is 0.687. The third-order valence-corrected chi connectivity index (χ3v) is 5.71. The van der Waals surface area contributed by atoms with Gasteiger partial charge in [0.1, 0.15) is 10.8 Å². The van der Waals surface area contributed by atoms with E-state index in [-0.39, 0.29) is 23.5 Å². The maximum atomic E-state index is 14.0. The van der Waals surface area contributed by atoms with Crippen molar-refractivity contribution in [2.45, 2.75) is 13.0 Å². The lowest BCUT2D eigenvalue weighted by atomic mass is 9.97. The average molecular weight is 400 g/mol. The number of nitrogens with one attached hydrogen (secondary N) is 1. The molecule has 0 bridgehead atoms. The van der Waals surface area contributed by atoms with Gasteiger partial charge in [0.25, 0.3) is 5.91 Å². The van der Waals surface area contributed by atoms with E-state index in [1.54, 1.807) is 24.3 Å². The molecule has 1 amide bonds. The molecular formula is C21H21FN2O3S. The van der Waals surface area contributed by atoms with E-state index in [4.69, 9.17) is 9.15 Å². The highest BCUT2D eigenvalue weighted by Gasteiger charge is 2.29. The van der Waals surface area contributed by atoms with Gasteiger partial charge in [-0.1, -0.05) is 12.1 Å². The van der Waals surface area contributed by atoms with E-state index in [1.165, 1.54) is 23.7 Å². The first-order chi connectivity index (χ1) is 13.6. The van der Waals surface area contributed by atoms with Gasteiger partial charge in [0.15, 0.2) is 5.76 Å². The van der Waals surface area contributed by atoms with Crippen LogP contribution in [0.4, 0.5) is 9.39 Å². The number of furan rings is 1. The number of carbonyl (C=O) groups excluding carboxylic acids is 1. The van der Waals surface area contributed by atoms with Crippen LogP contribution >= 0.6 is 11.3 Å². The molecule has 1 aromatic carbocycles. The van der Waals surface area contributed by atoms with Gasteiger partial charge in [0, 0.05) is 23.5 Å². The van der Waals surface area contributed by atoms with Gasteiger partial charge < -0.3 is 14.5 Å². The molecule has 1 saturated heterocycles. The molecule has 4 rings (SSSR count). The Hall–Kier alpha value is -2.48. The van der Waals surface area contributed by atoms with Crippen LogP contribution in [-0.4, -0.2) is 37.1 Å². The number of halogens is 1. The van der Waals surface area contributed by atoms with Crippen molar-refractivity contribution >= 4 is 22.2 Å². The Morgan fingerprint density at radius 3 is 2.75 bits per heavy atom. The molecule has 1 N–H and O–H groups in total. The second kappa shape index (κ2) is 8.26. The van der Waals surface area contributed by atoms with Crippen LogP contribution in [0.25, 0.3) is 0 Å². The molecule has 0 aliphatic carbocycles. The van der Waals surface area contributed by atoms with Crippen LogP contribution in [0.2, 0.25) is 0 Å². The van der Waals surface area contributed by atoms with Crippen LogP contribution in [0, 0.1) is 12.7 Å². The topological polar surface area (TPSA) is 54.7 Å². The van der Waals surface area contributed by atoms with Crippen molar-refractivity contribution in [2.24, 2.45) is 0 Å². The summed E-state index contributed by atoms with van der Waals surface area (Å²) < 4.78 is 24.7. The second-order valence-corrected chi connectivity index (χ2v) is 7.94. The molecule has 1 aliphatic rings. The van der Waals surface area contributed by atoms with Crippen molar-refractivity contribution in [3.05, 3.63) is 76.3 Å². The van der Waals surface area contributed by atoms with Crippen molar-refractivity contribution in [2.75, 3.05) is 31.6 Å². The van der Waals surface area contributed by atoms with Crippen LogP contribution in [0.5, 0.6) is 0 Å². The van der Waals surface area contributed by atoms with Crippen molar-refractivity contribution < 1.29 is 18.3 Å². The molecule has 5 nitrogen and oxygen atoms in total. The van der Waals surface area contributed by atoms with Gasteiger partial charge in [-0.3, -0.25) is 9.69 Å². The lowest BCUT2D eigenvalue weighted by Crippen LogP contribution is -2.39. The first-order valence-electron chi connectivity index (χ1n) is 9.14. The van der Waals surface area contributed by atoms with Gasteiger partial charge in [-0.15, -0.1) is 11.3 Å². The molecule has 1 fully saturated rings. The molecule has 3 heterocycles. The number of morpholine rings is 1. The maximum Gasteiger partial charge on any atom is 0.291 e. The first kappa shape index (κ1) is 18.9. The van der Waals surface area contributed by atoms with E-state index in [0.717, 1.165) is 34.1 Å². The third kappa shape index (κ3) is 4.01. The fraction of sp³-hybridized carbons (Fsp3) is 0.286. The van der Waals surface area contributed by atoms with Gasteiger partial charge >= 0.3 is 0 Å². The number of aryl methyl sites for hydroxylation is 1. The van der Waals surface area contributed by atoms with Crippen molar-refractivity contribution in [3.63, 3.8) is 0 Å². The zero-order valence-electron chi connectivity index (χ0n) is 15.5. The predicted molar refractivity (Wildman–Crippen MR) is 106 cm³/mol. The number of benzene rings is 1. The van der Waals surface area contributed by atoms with Crippen LogP contribution < -0.4 is 5.32 Å². The lowest BCUT2D eigenvalue weighted by Gasteiger charge is -2.35. The Balaban J connectivity index is 1.72. The fourth-order valence-corrected chi connectivity index (χ4v) is 4.45. The molecule has 1 atom stereocenters. The second-order valence-electron chi connectivity index (χ2n) is 6.68. The van der Waals surface area contributed by atoms with Gasteiger partial charge in [-0.2, -0.15) is 0 Å². The number of rotatable bonds is 5. The van der Waals surface area contributed by atoms with Gasteiger partial charge in [0.2, 0.25) is 0 Å². The molecule has 0 saturated carbocycles. The van der Waals surface area contributed by atoms with Crippen molar-refractivity contribution in [1.82, 2.24) is 4.90 Å². The molecule has 7 heteroatoms. The van der Waals surface area contributed by atoms with E-state index >= 15 is 0 Å². The summed E-state index contributed by atoms with van der Waals surface area (Å²) in [4.78, 5) is 15.9. The largest absolute Gasteiger partial charge is 0.459 e. The van der Waals surface area contributed by atoms with Gasteiger partial charge in [-0.05, 0) is 42.8 Å². The maximum absolute atomic E-state index is 14.0. The van der Waals surface area contributed by atoms with Crippen LogP contribution in [0.3, 0.4) is 0 Å². The Kier molecular flexibility index (Phi) is 5.57. The standard InChI is InChI=1S/C21H21FN2O3S/c1-14-12-17(21(28-14)23-20(25)18-6-3-9-27-18)19(24-7-10-26-11-8-24)15-4-2-5-16(22)13-15/h2-6,9,12-13,19H,7-8,10-11H2,1H3,(H,23,25)/t19-/m1/s1. The zero-order valence-corrected chi connectivity index (χ0v) is 16.3. The number of hydrogen-bond acceptors (Lipinski definition) is 5. The van der Waals surface area contributed by atoms with Crippen LogP contribution in [0.15, 0.2) is 53.1 Å². The van der Waals surface area contributed by atoms with Crippen molar-refractivity contribution in [3.8, 4) is 0 Å². The molecule has 0 spiro atoms. The molecule has 2 aromatic heterocycles. The summed E-state index contributed by atoms with van der Waals surface area (Å²) in [6.07, 6.45) is 1.47. The highest BCUT2D eigenvalue weighted by molar-refractivity contribution is 7.16. The fourth-order valence-electron chi connectivity index (χ4n) is 3.51. The third-order valence-electron chi connectivity index (χ3n) is 4.73. The summed E-state index contributed by atoms with van der Waals surface area (Å²) in [6, 6.07) is 11.8. The highest BCUT2D eigenvalue weighted by Crippen LogP contribution is 2.39. The Morgan fingerprint density at radius 2 is 2.04 bits per heavy atom. The Bertz CT molecular complexity index is 948. The normalized spacial score (nSPS) is 16.1. The summed E-state index contributed by atoms with van der Waals surface area (Å²) >= 11 is 1.51. The number of anilines is 1. The average Bonchev–Trinajstić information content (AvgIpc) is 3.34. The van der Waals surface area contributed by atoms with Gasteiger partial charge in [0.05, 0.1) is 25.5 Å². The molecule has 146 valence electrons. The molecule has 0 unspecified atom stereocenters. The summed E-state index contributed by atoms with van der Waals surface area (Å²) in [5.74, 6) is -0.317. The molecule has 0 radical (unpaired) electrons. The highest BCUT2D eigenvalue weighted by atomic mass is 32.1. The van der Waals surface area contributed by atoms with Crippen LogP contribution in [-0.2, 0) is 4.74 Å². The Labute approximate surface area is 166 Å². The predicted octanol–water partition coefficient (Wildman–Crippen LogP) is 4.46. The van der Waals surface area contributed by atoms with Gasteiger partial charge in [-0.25, -0.2) is 4.39 Å². The molecular weight excluding hydrogens is 379 g/mol. The number of nitrogens with zero attached hydrogens (tertiary/aromatic N) is 1. The van der Waals surface area contributed by atoms with E-state index in [9.17, 15) is 9.18 Å². The minimum atomic E-state index is -0.298. The van der Waals surface area contributed by atoms with E-state index in [1.807, 2.05) is 13.0 Å². The summed E-state index contributed by atoms with van der Waals surface area (Å²) in [5, 5.41) is 3.72. The zero-order chi connectivity index (χ0) is 19.5. The van der Waals surface area contributed by atoms with Crippen molar-refractivity contribution in [1.29, 1.82) is 0 Å². The summed E-state index contributed by atoms with van der Waals surface area (Å²) in [7, 11) is 0. The smallest absolute Gasteiger partial charge is 0.291 e. The number of thiophene rings is 1. The van der Waals surface area contributed by atoms with E-state index in [2.05, 4.69) is 16.3 Å². The Morgan fingerprint density at radius 1 is 1.21 bits per heavy atom. The number of ether oxygens (including phenoxy) is 1. The molecule has 1 aliphatic heterocycles. The van der Waals surface area contributed by atoms with E-state index < -0.39 is 0 Å². The number of hydrogen-bond donors (Lipinski definition) is 1. The monoisotopic (exact) mass is 400 g/mol. The molecule has 3 aromatic rings. The molecule has 28 heavy (non-hydrogen) atoms. The number of carbonyl (C=O) groups is 1. The minimum absolute atomic E-state index is 0.170. The number of amides is 1. The summed E-state index contributed by atoms with van der Waals surface area (Å²) in [6.45, 7) is 4.73. The minimum Gasteiger partial charge on any atom is -0.459 e. The first-order valence-corrected chi connectivity index (χ1v) is 9.96.